The lowest BCUT2D eigenvalue weighted by atomic mass is 10.1. The Morgan fingerprint density at radius 1 is 0.929 bits per heavy atom. The second-order valence-electron chi connectivity index (χ2n) is 7.22. The van der Waals surface area contributed by atoms with Crippen molar-refractivity contribution < 1.29 is 13.2 Å². The zero-order valence-electron chi connectivity index (χ0n) is 16.4. The van der Waals surface area contributed by atoms with Crippen molar-refractivity contribution in [3.05, 3.63) is 65.7 Å². The second kappa shape index (κ2) is 8.75. The number of nitrogens with zero attached hydrogens (tertiary/aromatic N) is 3. The summed E-state index contributed by atoms with van der Waals surface area (Å²) in [5.74, 6) is 0.114. The van der Waals surface area contributed by atoms with Crippen LogP contribution >= 0.6 is 0 Å². The van der Waals surface area contributed by atoms with E-state index in [4.69, 9.17) is 0 Å². The molecule has 0 unspecified atom stereocenters. The highest BCUT2D eigenvalue weighted by Gasteiger charge is 2.21. The van der Waals surface area contributed by atoms with Gasteiger partial charge in [0, 0.05) is 39.8 Å². The average Bonchev–Trinajstić information content (AvgIpc) is 2.68. The molecular formula is C21H27N3O3S. The molecule has 2 aromatic carbocycles. The zero-order chi connectivity index (χ0) is 20.1. The first kappa shape index (κ1) is 20.4. The Kier molecular flexibility index (Phi) is 6.36. The molecule has 0 aromatic heterocycles. The predicted molar refractivity (Wildman–Crippen MR) is 112 cm³/mol. The van der Waals surface area contributed by atoms with Gasteiger partial charge in [-0.1, -0.05) is 42.5 Å². The first-order valence-electron chi connectivity index (χ1n) is 9.40. The van der Waals surface area contributed by atoms with Crippen molar-refractivity contribution in [2.45, 2.75) is 13.0 Å². The summed E-state index contributed by atoms with van der Waals surface area (Å²) in [4.78, 5) is 16.9. The summed E-state index contributed by atoms with van der Waals surface area (Å²) in [6, 6.07) is 17.5. The van der Waals surface area contributed by atoms with Crippen molar-refractivity contribution in [2.24, 2.45) is 0 Å². The van der Waals surface area contributed by atoms with Crippen molar-refractivity contribution in [3.8, 4) is 0 Å². The van der Waals surface area contributed by atoms with Crippen LogP contribution < -0.4 is 4.31 Å². The van der Waals surface area contributed by atoms with E-state index in [0.717, 1.165) is 38.3 Å². The topological polar surface area (TPSA) is 60.9 Å². The van der Waals surface area contributed by atoms with Crippen LogP contribution in [0.4, 0.5) is 5.69 Å². The van der Waals surface area contributed by atoms with E-state index >= 15 is 0 Å². The number of rotatable bonds is 6. The van der Waals surface area contributed by atoms with Crippen molar-refractivity contribution in [3.63, 3.8) is 0 Å². The summed E-state index contributed by atoms with van der Waals surface area (Å²) < 4.78 is 24.4. The van der Waals surface area contributed by atoms with E-state index in [-0.39, 0.29) is 5.91 Å². The van der Waals surface area contributed by atoms with Crippen molar-refractivity contribution in [2.75, 3.05) is 43.8 Å². The van der Waals surface area contributed by atoms with Crippen LogP contribution in [0.15, 0.2) is 54.6 Å². The summed E-state index contributed by atoms with van der Waals surface area (Å²) in [7, 11) is -1.77. The van der Waals surface area contributed by atoms with Gasteiger partial charge in [-0.05, 0) is 23.3 Å². The highest BCUT2D eigenvalue weighted by atomic mass is 32.2. The summed E-state index contributed by atoms with van der Waals surface area (Å²) in [6.45, 7) is 4.14. The summed E-state index contributed by atoms with van der Waals surface area (Å²) in [5, 5.41) is 0. The molecule has 3 rings (SSSR count). The highest BCUT2D eigenvalue weighted by Crippen LogP contribution is 2.17. The maximum absolute atomic E-state index is 12.6. The molecule has 0 bridgehead atoms. The molecule has 1 fully saturated rings. The number of carbonyl (C=O) groups excluding carboxylic acids is 1. The number of amides is 1. The summed E-state index contributed by atoms with van der Waals surface area (Å²) >= 11 is 0. The van der Waals surface area contributed by atoms with E-state index in [1.54, 1.807) is 12.1 Å². The lowest BCUT2D eigenvalue weighted by Gasteiger charge is -2.34. The van der Waals surface area contributed by atoms with Crippen molar-refractivity contribution >= 4 is 21.6 Å². The average molecular weight is 402 g/mol. The largest absolute Gasteiger partial charge is 0.340 e. The number of carbonyl (C=O) groups is 1. The standard InChI is InChI=1S/C21H27N3O3S/c1-22(28(2,26)27)20-10-8-18(9-11-20)16-21(25)24-14-12-23(13-15-24)17-19-6-4-3-5-7-19/h3-11H,12-17H2,1-2H3. The third-order valence-corrected chi connectivity index (χ3v) is 6.33. The van der Waals surface area contributed by atoms with Gasteiger partial charge >= 0.3 is 0 Å². The van der Waals surface area contributed by atoms with Gasteiger partial charge in [0.15, 0.2) is 0 Å². The minimum absolute atomic E-state index is 0.114. The maximum atomic E-state index is 12.6. The Bertz CT molecular complexity index is 890. The van der Waals surface area contributed by atoms with Gasteiger partial charge in [-0.3, -0.25) is 14.0 Å². The van der Waals surface area contributed by atoms with Gasteiger partial charge in [0.2, 0.25) is 15.9 Å². The van der Waals surface area contributed by atoms with Crippen LogP contribution in [0.2, 0.25) is 0 Å². The number of benzene rings is 2. The quantitative estimate of drug-likeness (QED) is 0.743. The van der Waals surface area contributed by atoms with Gasteiger partial charge in [0.25, 0.3) is 0 Å². The first-order chi connectivity index (χ1) is 13.3. The smallest absolute Gasteiger partial charge is 0.231 e. The van der Waals surface area contributed by atoms with Crippen LogP contribution in [-0.2, 0) is 27.8 Å². The predicted octanol–water partition coefficient (Wildman–Crippen LogP) is 1.97. The molecule has 0 N–H and O–H groups in total. The fourth-order valence-electron chi connectivity index (χ4n) is 3.30. The van der Waals surface area contributed by atoms with Gasteiger partial charge in [-0.15, -0.1) is 0 Å². The van der Waals surface area contributed by atoms with Gasteiger partial charge in [0.1, 0.15) is 0 Å². The van der Waals surface area contributed by atoms with Crippen LogP contribution in [0.3, 0.4) is 0 Å². The lowest BCUT2D eigenvalue weighted by Crippen LogP contribution is -2.48. The molecule has 28 heavy (non-hydrogen) atoms. The number of anilines is 1. The van der Waals surface area contributed by atoms with Gasteiger partial charge < -0.3 is 4.90 Å². The van der Waals surface area contributed by atoms with Crippen LogP contribution in [0.25, 0.3) is 0 Å². The molecular weight excluding hydrogens is 374 g/mol. The molecule has 0 saturated carbocycles. The Morgan fingerprint density at radius 2 is 1.54 bits per heavy atom. The Balaban J connectivity index is 1.50. The van der Waals surface area contributed by atoms with Crippen molar-refractivity contribution in [1.29, 1.82) is 0 Å². The number of sulfonamides is 1. The molecule has 1 amide bonds. The Hall–Kier alpha value is -2.38. The molecule has 1 aliphatic rings. The van der Waals surface area contributed by atoms with Gasteiger partial charge in [-0.2, -0.15) is 0 Å². The molecule has 1 heterocycles. The second-order valence-corrected chi connectivity index (χ2v) is 9.23. The van der Waals surface area contributed by atoms with Crippen LogP contribution in [-0.4, -0.2) is 63.6 Å². The minimum atomic E-state index is -3.28. The molecule has 0 radical (unpaired) electrons. The zero-order valence-corrected chi connectivity index (χ0v) is 17.2. The fraction of sp³-hybridized carbons (Fsp3) is 0.381. The molecule has 7 heteroatoms. The molecule has 0 aliphatic carbocycles. The van der Waals surface area contributed by atoms with E-state index < -0.39 is 10.0 Å². The van der Waals surface area contributed by atoms with Crippen LogP contribution in [0.5, 0.6) is 0 Å². The molecule has 6 nitrogen and oxygen atoms in total. The summed E-state index contributed by atoms with van der Waals surface area (Å²) in [6.07, 6.45) is 1.50. The first-order valence-corrected chi connectivity index (χ1v) is 11.2. The Labute approximate surface area is 167 Å². The third-order valence-electron chi connectivity index (χ3n) is 5.13. The van der Waals surface area contributed by atoms with E-state index in [1.165, 1.54) is 23.2 Å². The molecule has 2 aromatic rings. The number of hydrogen-bond acceptors (Lipinski definition) is 4. The monoisotopic (exact) mass is 401 g/mol. The van der Waals surface area contributed by atoms with Gasteiger partial charge in [0.05, 0.1) is 18.4 Å². The lowest BCUT2D eigenvalue weighted by molar-refractivity contribution is -0.132. The highest BCUT2D eigenvalue weighted by molar-refractivity contribution is 7.92. The molecule has 150 valence electrons. The number of hydrogen-bond donors (Lipinski definition) is 0. The summed E-state index contributed by atoms with van der Waals surface area (Å²) in [5.41, 5.74) is 2.78. The van der Waals surface area contributed by atoms with E-state index in [2.05, 4.69) is 17.0 Å². The van der Waals surface area contributed by atoms with Crippen LogP contribution in [0.1, 0.15) is 11.1 Å². The van der Waals surface area contributed by atoms with E-state index in [1.807, 2.05) is 35.2 Å². The Morgan fingerprint density at radius 3 is 2.11 bits per heavy atom. The normalized spacial score (nSPS) is 15.4. The van der Waals surface area contributed by atoms with E-state index in [9.17, 15) is 13.2 Å². The third kappa shape index (κ3) is 5.33. The minimum Gasteiger partial charge on any atom is -0.340 e. The maximum Gasteiger partial charge on any atom is 0.231 e. The molecule has 0 spiro atoms. The fourth-order valence-corrected chi connectivity index (χ4v) is 3.80. The van der Waals surface area contributed by atoms with Crippen LogP contribution in [0, 0.1) is 0 Å². The van der Waals surface area contributed by atoms with E-state index in [0.29, 0.717) is 12.1 Å². The van der Waals surface area contributed by atoms with Gasteiger partial charge in [-0.25, -0.2) is 8.42 Å². The molecule has 0 atom stereocenters. The number of piperazine rings is 1. The molecule has 1 saturated heterocycles. The molecule has 1 aliphatic heterocycles. The van der Waals surface area contributed by atoms with Crippen molar-refractivity contribution in [1.82, 2.24) is 9.80 Å². The SMILES string of the molecule is CN(c1ccc(CC(=O)N2CCN(Cc3ccccc3)CC2)cc1)S(C)(=O)=O.